The summed E-state index contributed by atoms with van der Waals surface area (Å²) in [5.41, 5.74) is 0.367. The number of rotatable bonds is 5. The predicted molar refractivity (Wildman–Crippen MR) is 68.3 cm³/mol. The van der Waals surface area contributed by atoms with Gasteiger partial charge in [-0.25, -0.2) is 4.39 Å². The van der Waals surface area contributed by atoms with Gasteiger partial charge >= 0.3 is 0 Å². The van der Waals surface area contributed by atoms with Crippen molar-refractivity contribution in [3.63, 3.8) is 0 Å². The van der Waals surface area contributed by atoms with Crippen molar-refractivity contribution in [3.8, 4) is 0 Å². The summed E-state index contributed by atoms with van der Waals surface area (Å²) in [6.45, 7) is 3.98. The Bertz CT molecular complexity index is 461. The van der Waals surface area contributed by atoms with Crippen LogP contribution in [0.3, 0.4) is 0 Å². The first-order valence-corrected chi connectivity index (χ1v) is 6.31. The van der Waals surface area contributed by atoms with Gasteiger partial charge < -0.3 is 10.1 Å². The Hall–Kier alpha value is -1.53. The van der Waals surface area contributed by atoms with Crippen molar-refractivity contribution in [1.82, 2.24) is 5.32 Å². The molecule has 0 aromatic heterocycles. The highest BCUT2D eigenvalue weighted by Crippen LogP contribution is 2.19. The summed E-state index contributed by atoms with van der Waals surface area (Å²) in [7, 11) is 0. The second-order valence-electron chi connectivity index (χ2n) is 4.87. The maximum atomic E-state index is 13.3. The summed E-state index contributed by atoms with van der Waals surface area (Å²) in [4.78, 5) is 10.1. The summed E-state index contributed by atoms with van der Waals surface area (Å²) < 4.78 is 18.6. The molecule has 0 spiro atoms. The molecule has 104 valence electrons. The predicted octanol–water partition coefficient (Wildman–Crippen LogP) is 2.25. The van der Waals surface area contributed by atoms with Crippen LogP contribution in [-0.2, 0) is 11.3 Å². The van der Waals surface area contributed by atoms with Crippen LogP contribution in [0.25, 0.3) is 0 Å². The van der Waals surface area contributed by atoms with Gasteiger partial charge in [0.2, 0.25) is 0 Å². The van der Waals surface area contributed by atoms with Gasteiger partial charge in [-0.1, -0.05) is 0 Å². The van der Waals surface area contributed by atoms with Crippen LogP contribution in [0.15, 0.2) is 18.2 Å². The standard InChI is InChI=1S/C13H17FN2O3/c1-9(11-2-3-19-8-11)15-7-10-4-12(14)6-13(5-10)16(17)18/h4-6,9,11,15H,2-3,7-8H2,1H3. The zero-order chi connectivity index (χ0) is 13.8. The molecule has 2 rings (SSSR count). The lowest BCUT2D eigenvalue weighted by Gasteiger charge is -2.19. The average Bonchev–Trinajstić information content (AvgIpc) is 2.89. The minimum Gasteiger partial charge on any atom is -0.381 e. The highest BCUT2D eigenvalue weighted by molar-refractivity contribution is 5.35. The van der Waals surface area contributed by atoms with E-state index in [4.69, 9.17) is 4.74 Å². The van der Waals surface area contributed by atoms with Crippen LogP contribution >= 0.6 is 0 Å². The van der Waals surface area contributed by atoms with E-state index in [2.05, 4.69) is 5.32 Å². The first-order chi connectivity index (χ1) is 9.06. The van der Waals surface area contributed by atoms with Crippen LogP contribution < -0.4 is 5.32 Å². The Morgan fingerprint density at radius 3 is 3.00 bits per heavy atom. The van der Waals surface area contributed by atoms with E-state index >= 15 is 0 Å². The molecule has 2 unspecified atom stereocenters. The highest BCUT2D eigenvalue weighted by atomic mass is 19.1. The largest absolute Gasteiger partial charge is 0.381 e. The van der Waals surface area contributed by atoms with E-state index in [9.17, 15) is 14.5 Å². The molecular weight excluding hydrogens is 251 g/mol. The van der Waals surface area contributed by atoms with Crippen molar-refractivity contribution in [2.45, 2.75) is 25.9 Å². The van der Waals surface area contributed by atoms with Crippen LogP contribution in [-0.4, -0.2) is 24.2 Å². The first-order valence-electron chi connectivity index (χ1n) is 6.31. The van der Waals surface area contributed by atoms with Crippen LogP contribution in [0.1, 0.15) is 18.9 Å². The maximum Gasteiger partial charge on any atom is 0.272 e. The third-order valence-corrected chi connectivity index (χ3v) is 3.45. The van der Waals surface area contributed by atoms with Crippen LogP contribution in [0.2, 0.25) is 0 Å². The summed E-state index contributed by atoms with van der Waals surface area (Å²) >= 11 is 0. The van der Waals surface area contributed by atoms with Crippen LogP contribution in [0, 0.1) is 21.8 Å². The molecule has 2 atom stereocenters. The molecule has 5 nitrogen and oxygen atoms in total. The zero-order valence-electron chi connectivity index (χ0n) is 10.8. The van der Waals surface area contributed by atoms with E-state index in [0.717, 1.165) is 25.7 Å². The number of nitro benzene ring substituents is 1. The van der Waals surface area contributed by atoms with E-state index in [0.29, 0.717) is 18.0 Å². The lowest BCUT2D eigenvalue weighted by atomic mass is 10.0. The molecule has 6 heteroatoms. The number of hydrogen-bond acceptors (Lipinski definition) is 4. The highest BCUT2D eigenvalue weighted by Gasteiger charge is 2.22. The fraction of sp³-hybridized carbons (Fsp3) is 0.538. The van der Waals surface area contributed by atoms with Gasteiger partial charge in [-0.2, -0.15) is 0 Å². The minimum absolute atomic E-state index is 0.214. The number of nitro groups is 1. The summed E-state index contributed by atoms with van der Waals surface area (Å²) in [5, 5.41) is 13.9. The molecule has 1 fully saturated rings. The molecule has 0 aliphatic carbocycles. The smallest absolute Gasteiger partial charge is 0.272 e. The molecule has 0 saturated carbocycles. The van der Waals surface area contributed by atoms with Crippen molar-refractivity contribution in [3.05, 3.63) is 39.7 Å². The number of ether oxygens (including phenoxy) is 1. The molecule has 1 aromatic rings. The molecule has 1 aliphatic rings. The quantitative estimate of drug-likeness (QED) is 0.657. The van der Waals surface area contributed by atoms with Gasteiger partial charge in [-0.05, 0) is 30.9 Å². The third kappa shape index (κ3) is 3.71. The second kappa shape index (κ2) is 6.08. The van der Waals surface area contributed by atoms with Crippen molar-refractivity contribution < 1.29 is 14.1 Å². The van der Waals surface area contributed by atoms with E-state index in [1.54, 1.807) is 0 Å². The van der Waals surface area contributed by atoms with E-state index in [-0.39, 0.29) is 11.7 Å². The molecular formula is C13H17FN2O3. The Morgan fingerprint density at radius 1 is 1.58 bits per heavy atom. The Balaban J connectivity index is 1.96. The molecule has 1 N–H and O–H groups in total. The summed E-state index contributed by atoms with van der Waals surface area (Å²) in [6, 6.07) is 3.88. The zero-order valence-corrected chi connectivity index (χ0v) is 10.8. The molecule has 1 aromatic carbocycles. The SMILES string of the molecule is CC(NCc1cc(F)cc([N+](=O)[O-])c1)C1CCOC1. The number of nitrogens with one attached hydrogen (secondary N) is 1. The monoisotopic (exact) mass is 268 g/mol. The van der Waals surface area contributed by atoms with Crippen LogP contribution in [0.5, 0.6) is 0 Å². The van der Waals surface area contributed by atoms with Gasteiger partial charge in [0, 0.05) is 25.3 Å². The minimum atomic E-state index is -0.583. The number of nitrogens with zero attached hydrogens (tertiary/aromatic N) is 1. The fourth-order valence-electron chi connectivity index (χ4n) is 2.23. The molecule has 1 saturated heterocycles. The topological polar surface area (TPSA) is 64.4 Å². The molecule has 1 aliphatic heterocycles. The van der Waals surface area contributed by atoms with Crippen molar-refractivity contribution in [2.75, 3.05) is 13.2 Å². The van der Waals surface area contributed by atoms with E-state index in [1.807, 2.05) is 6.92 Å². The van der Waals surface area contributed by atoms with Gasteiger partial charge in [0.15, 0.2) is 0 Å². The molecule has 0 bridgehead atoms. The normalized spacial score (nSPS) is 20.4. The molecule has 0 radical (unpaired) electrons. The molecule has 0 amide bonds. The summed E-state index contributed by atoms with van der Waals surface area (Å²) in [6.07, 6.45) is 1.01. The first kappa shape index (κ1) is 13.9. The van der Waals surface area contributed by atoms with Gasteiger partial charge in [0.1, 0.15) is 5.82 Å². The number of benzene rings is 1. The van der Waals surface area contributed by atoms with E-state index in [1.165, 1.54) is 12.1 Å². The van der Waals surface area contributed by atoms with Gasteiger partial charge in [-0.15, -0.1) is 0 Å². The third-order valence-electron chi connectivity index (χ3n) is 3.45. The summed E-state index contributed by atoms with van der Waals surface area (Å²) in [5.74, 6) is -0.133. The Labute approximate surface area is 110 Å². The van der Waals surface area contributed by atoms with E-state index < -0.39 is 10.7 Å². The lowest BCUT2D eigenvalue weighted by molar-refractivity contribution is -0.385. The number of hydrogen-bond donors (Lipinski definition) is 1. The van der Waals surface area contributed by atoms with Gasteiger partial charge in [-0.3, -0.25) is 10.1 Å². The number of non-ortho nitro benzene ring substituents is 1. The lowest BCUT2D eigenvalue weighted by Crippen LogP contribution is -2.33. The van der Waals surface area contributed by atoms with Gasteiger partial charge in [0.25, 0.3) is 5.69 Å². The van der Waals surface area contributed by atoms with Crippen molar-refractivity contribution in [2.24, 2.45) is 5.92 Å². The Morgan fingerprint density at radius 2 is 2.37 bits per heavy atom. The number of halogens is 1. The second-order valence-corrected chi connectivity index (χ2v) is 4.87. The average molecular weight is 268 g/mol. The van der Waals surface area contributed by atoms with Crippen molar-refractivity contribution >= 4 is 5.69 Å². The van der Waals surface area contributed by atoms with Crippen molar-refractivity contribution in [1.29, 1.82) is 0 Å². The molecule has 1 heterocycles. The fourth-order valence-corrected chi connectivity index (χ4v) is 2.23. The Kier molecular flexibility index (Phi) is 4.44. The van der Waals surface area contributed by atoms with Gasteiger partial charge in [0.05, 0.1) is 17.6 Å². The maximum absolute atomic E-state index is 13.3. The van der Waals surface area contributed by atoms with Crippen LogP contribution in [0.4, 0.5) is 10.1 Å². The molecule has 19 heavy (non-hydrogen) atoms.